The number of aromatic nitrogens is 2. The first-order chi connectivity index (χ1) is 8.65. The molecule has 0 bridgehead atoms. The SMILES string of the molecule is Cc1nc(-c2cccc(Cl)c2)c2ccc(N)cn12. The van der Waals surface area contributed by atoms with Crippen LogP contribution in [-0.4, -0.2) is 9.38 Å². The number of nitrogen functional groups attached to an aromatic ring is 1. The quantitative estimate of drug-likeness (QED) is 0.725. The minimum atomic E-state index is 0.710. The van der Waals surface area contributed by atoms with E-state index in [0.717, 1.165) is 28.3 Å². The van der Waals surface area contributed by atoms with E-state index in [4.69, 9.17) is 17.3 Å². The maximum atomic E-state index is 6.02. The van der Waals surface area contributed by atoms with Gasteiger partial charge in [-0.15, -0.1) is 0 Å². The second kappa shape index (κ2) is 4.03. The van der Waals surface area contributed by atoms with E-state index in [9.17, 15) is 0 Å². The van der Waals surface area contributed by atoms with Crippen LogP contribution in [0.3, 0.4) is 0 Å². The summed E-state index contributed by atoms with van der Waals surface area (Å²) in [6.45, 7) is 1.96. The van der Waals surface area contributed by atoms with Crippen LogP contribution in [0.25, 0.3) is 16.8 Å². The van der Waals surface area contributed by atoms with Crippen LogP contribution in [0, 0.1) is 6.92 Å². The van der Waals surface area contributed by atoms with Crippen molar-refractivity contribution in [3.63, 3.8) is 0 Å². The highest BCUT2D eigenvalue weighted by Crippen LogP contribution is 2.27. The maximum absolute atomic E-state index is 6.02. The molecule has 0 unspecified atom stereocenters. The predicted molar refractivity (Wildman–Crippen MR) is 74.8 cm³/mol. The molecular formula is C14H12ClN3. The van der Waals surface area contributed by atoms with Gasteiger partial charge >= 0.3 is 0 Å². The summed E-state index contributed by atoms with van der Waals surface area (Å²) in [5, 5.41) is 0.710. The largest absolute Gasteiger partial charge is 0.398 e. The van der Waals surface area contributed by atoms with E-state index in [1.54, 1.807) is 0 Å². The fourth-order valence-electron chi connectivity index (χ4n) is 2.10. The molecule has 4 heteroatoms. The van der Waals surface area contributed by atoms with Gasteiger partial charge in [-0.05, 0) is 31.2 Å². The lowest BCUT2D eigenvalue weighted by molar-refractivity contribution is 1.05. The molecule has 2 heterocycles. The number of halogens is 1. The molecule has 0 spiro atoms. The molecule has 0 fully saturated rings. The summed E-state index contributed by atoms with van der Waals surface area (Å²) >= 11 is 6.02. The van der Waals surface area contributed by atoms with Crippen LogP contribution < -0.4 is 5.73 Å². The van der Waals surface area contributed by atoms with Crippen LogP contribution in [0.15, 0.2) is 42.6 Å². The number of anilines is 1. The number of rotatable bonds is 1. The summed E-state index contributed by atoms with van der Waals surface area (Å²) in [5.41, 5.74) is 9.49. The first-order valence-corrected chi connectivity index (χ1v) is 6.03. The Balaban J connectivity index is 2.30. The number of hydrogen-bond acceptors (Lipinski definition) is 2. The summed E-state index contributed by atoms with van der Waals surface area (Å²) < 4.78 is 1.99. The maximum Gasteiger partial charge on any atom is 0.110 e. The lowest BCUT2D eigenvalue weighted by Crippen LogP contribution is -1.91. The van der Waals surface area contributed by atoms with Crippen molar-refractivity contribution in [3.05, 3.63) is 53.4 Å². The minimum absolute atomic E-state index is 0.710. The van der Waals surface area contributed by atoms with Gasteiger partial charge in [0.25, 0.3) is 0 Å². The molecule has 3 rings (SSSR count). The third-order valence-electron chi connectivity index (χ3n) is 2.93. The number of pyridine rings is 1. The van der Waals surface area contributed by atoms with Crippen molar-refractivity contribution in [1.82, 2.24) is 9.38 Å². The Hall–Kier alpha value is -2.00. The summed E-state index contributed by atoms with van der Waals surface area (Å²) in [6, 6.07) is 11.6. The van der Waals surface area contributed by atoms with Crippen molar-refractivity contribution >= 4 is 22.8 Å². The number of aryl methyl sites for hydroxylation is 1. The van der Waals surface area contributed by atoms with E-state index in [1.165, 1.54) is 0 Å². The van der Waals surface area contributed by atoms with Gasteiger partial charge < -0.3 is 10.1 Å². The fraction of sp³-hybridized carbons (Fsp3) is 0.0714. The monoisotopic (exact) mass is 257 g/mol. The molecule has 2 aromatic heterocycles. The molecule has 0 aliphatic carbocycles. The number of hydrogen-bond donors (Lipinski definition) is 1. The minimum Gasteiger partial charge on any atom is -0.398 e. The molecule has 0 saturated carbocycles. The molecule has 1 aromatic carbocycles. The first-order valence-electron chi connectivity index (χ1n) is 5.65. The first kappa shape index (κ1) is 11.1. The standard InChI is InChI=1S/C14H12ClN3/c1-9-17-14(10-3-2-4-11(15)7-10)13-6-5-12(16)8-18(9)13/h2-8H,16H2,1H3. The van der Waals surface area contributed by atoms with Crippen molar-refractivity contribution in [1.29, 1.82) is 0 Å². The van der Waals surface area contributed by atoms with Crippen LogP contribution in [0.2, 0.25) is 5.02 Å². The van der Waals surface area contributed by atoms with Crippen molar-refractivity contribution in [2.45, 2.75) is 6.92 Å². The zero-order valence-electron chi connectivity index (χ0n) is 9.89. The van der Waals surface area contributed by atoms with Crippen LogP contribution in [0.5, 0.6) is 0 Å². The van der Waals surface area contributed by atoms with Crippen LogP contribution >= 0.6 is 11.6 Å². The molecule has 2 N–H and O–H groups in total. The Kier molecular flexibility index (Phi) is 2.49. The highest BCUT2D eigenvalue weighted by molar-refractivity contribution is 6.30. The molecule has 18 heavy (non-hydrogen) atoms. The normalized spacial score (nSPS) is 11.0. The van der Waals surface area contributed by atoms with Gasteiger partial charge in [-0.25, -0.2) is 4.98 Å². The molecular weight excluding hydrogens is 246 g/mol. The molecule has 3 aromatic rings. The van der Waals surface area contributed by atoms with E-state index in [1.807, 2.05) is 53.9 Å². The predicted octanol–water partition coefficient (Wildman–Crippen LogP) is 3.55. The lowest BCUT2D eigenvalue weighted by atomic mass is 10.1. The third kappa shape index (κ3) is 1.73. The average molecular weight is 258 g/mol. The van der Waals surface area contributed by atoms with Crippen molar-refractivity contribution < 1.29 is 0 Å². The van der Waals surface area contributed by atoms with Crippen LogP contribution in [0.4, 0.5) is 5.69 Å². The van der Waals surface area contributed by atoms with Gasteiger partial charge in [-0.2, -0.15) is 0 Å². The van der Waals surface area contributed by atoms with Gasteiger partial charge in [-0.1, -0.05) is 23.7 Å². The van der Waals surface area contributed by atoms with Crippen molar-refractivity contribution in [2.24, 2.45) is 0 Å². The Morgan fingerprint density at radius 2 is 2.06 bits per heavy atom. The number of imidazole rings is 1. The molecule has 0 radical (unpaired) electrons. The van der Waals surface area contributed by atoms with Gasteiger partial charge in [0, 0.05) is 22.5 Å². The topological polar surface area (TPSA) is 43.3 Å². The smallest absolute Gasteiger partial charge is 0.110 e. The number of nitrogens with zero attached hydrogens (tertiary/aromatic N) is 2. The van der Waals surface area contributed by atoms with Gasteiger partial charge in [0.2, 0.25) is 0 Å². The highest BCUT2D eigenvalue weighted by Gasteiger charge is 2.10. The molecule has 0 aliphatic heterocycles. The van der Waals surface area contributed by atoms with Gasteiger partial charge in [0.05, 0.1) is 11.2 Å². The third-order valence-corrected chi connectivity index (χ3v) is 3.17. The molecule has 0 aliphatic rings. The Bertz CT molecular complexity index is 731. The van der Waals surface area contributed by atoms with Crippen molar-refractivity contribution in [2.75, 3.05) is 5.73 Å². The van der Waals surface area contributed by atoms with Crippen LogP contribution in [-0.2, 0) is 0 Å². The highest BCUT2D eigenvalue weighted by atomic mass is 35.5. The summed E-state index contributed by atoms with van der Waals surface area (Å²) in [7, 11) is 0. The zero-order chi connectivity index (χ0) is 12.7. The van der Waals surface area contributed by atoms with E-state index in [2.05, 4.69) is 4.98 Å². The zero-order valence-corrected chi connectivity index (χ0v) is 10.6. The summed E-state index contributed by atoms with van der Waals surface area (Å²) in [6.07, 6.45) is 1.88. The summed E-state index contributed by atoms with van der Waals surface area (Å²) in [4.78, 5) is 4.59. The van der Waals surface area contributed by atoms with Crippen LogP contribution in [0.1, 0.15) is 5.82 Å². The van der Waals surface area contributed by atoms with Gasteiger partial charge in [-0.3, -0.25) is 0 Å². The number of fused-ring (bicyclic) bond motifs is 1. The molecule has 0 amide bonds. The van der Waals surface area contributed by atoms with E-state index in [-0.39, 0.29) is 0 Å². The molecule has 90 valence electrons. The Morgan fingerprint density at radius 1 is 1.22 bits per heavy atom. The Labute approximate surface area is 110 Å². The fourth-order valence-corrected chi connectivity index (χ4v) is 2.29. The summed E-state index contributed by atoms with van der Waals surface area (Å²) in [5.74, 6) is 0.910. The number of benzene rings is 1. The van der Waals surface area contributed by atoms with Gasteiger partial charge in [0.15, 0.2) is 0 Å². The molecule has 3 nitrogen and oxygen atoms in total. The number of nitrogens with two attached hydrogens (primary N) is 1. The molecule has 0 saturated heterocycles. The van der Waals surface area contributed by atoms with E-state index in [0.29, 0.717) is 5.02 Å². The lowest BCUT2D eigenvalue weighted by Gasteiger charge is -2.01. The molecule has 0 atom stereocenters. The van der Waals surface area contributed by atoms with Crippen molar-refractivity contribution in [3.8, 4) is 11.3 Å². The van der Waals surface area contributed by atoms with Gasteiger partial charge in [0.1, 0.15) is 5.82 Å². The van der Waals surface area contributed by atoms with E-state index < -0.39 is 0 Å². The average Bonchev–Trinajstić information content (AvgIpc) is 2.67. The Morgan fingerprint density at radius 3 is 2.83 bits per heavy atom. The van der Waals surface area contributed by atoms with E-state index >= 15 is 0 Å². The second-order valence-corrected chi connectivity index (χ2v) is 4.67. The second-order valence-electron chi connectivity index (χ2n) is 4.24.